The SMILES string of the molecule is COCCOCc1cccc(NC(=O)N(C)Cc2ccc(Cl)cc2)c1. The molecule has 1 N–H and O–H groups in total. The molecule has 0 heterocycles. The fourth-order valence-corrected chi connectivity index (χ4v) is 2.35. The number of halogens is 1. The lowest BCUT2D eigenvalue weighted by atomic mass is 10.2. The molecule has 0 aromatic heterocycles. The summed E-state index contributed by atoms with van der Waals surface area (Å²) in [6, 6.07) is 14.9. The lowest BCUT2D eigenvalue weighted by Crippen LogP contribution is -2.30. The molecule has 0 spiro atoms. The Labute approximate surface area is 153 Å². The molecule has 6 heteroatoms. The van der Waals surface area contributed by atoms with E-state index in [2.05, 4.69) is 5.32 Å². The van der Waals surface area contributed by atoms with Gasteiger partial charge in [0, 0.05) is 31.4 Å². The van der Waals surface area contributed by atoms with Crippen molar-refractivity contribution in [1.82, 2.24) is 4.90 Å². The van der Waals surface area contributed by atoms with Crippen molar-refractivity contribution < 1.29 is 14.3 Å². The van der Waals surface area contributed by atoms with Gasteiger partial charge < -0.3 is 19.7 Å². The molecule has 0 bridgehead atoms. The van der Waals surface area contributed by atoms with Gasteiger partial charge in [0.15, 0.2) is 0 Å². The molecule has 5 nitrogen and oxygen atoms in total. The van der Waals surface area contributed by atoms with Crippen LogP contribution in [0.15, 0.2) is 48.5 Å². The number of amides is 2. The molecule has 0 aliphatic carbocycles. The van der Waals surface area contributed by atoms with E-state index in [4.69, 9.17) is 21.1 Å². The predicted octanol–water partition coefficient (Wildman–Crippen LogP) is 4.17. The Balaban J connectivity index is 1.87. The summed E-state index contributed by atoms with van der Waals surface area (Å²) < 4.78 is 10.4. The minimum atomic E-state index is -0.174. The lowest BCUT2D eigenvalue weighted by molar-refractivity contribution is 0.0617. The summed E-state index contributed by atoms with van der Waals surface area (Å²) in [4.78, 5) is 14.0. The van der Waals surface area contributed by atoms with Crippen LogP contribution < -0.4 is 5.32 Å². The molecular weight excluding hydrogens is 340 g/mol. The molecule has 2 aromatic rings. The van der Waals surface area contributed by atoms with Gasteiger partial charge in [0.2, 0.25) is 0 Å². The molecule has 0 unspecified atom stereocenters. The Morgan fingerprint density at radius 1 is 1.12 bits per heavy atom. The average molecular weight is 363 g/mol. The number of hydrogen-bond donors (Lipinski definition) is 1. The molecule has 2 rings (SSSR count). The number of nitrogens with one attached hydrogen (secondary N) is 1. The van der Waals surface area contributed by atoms with E-state index in [0.717, 1.165) is 16.8 Å². The van der Waals surface area contributed by atoms with Crippen molar-refractivity contribution >= 4 is 23.3 Å². The van der Waals surface area contributed by atoms with E-state index in [0.29, 0.717) is 31.4 Å². The summed E-state index contributed by atoms with van der Waals surface area (Å²) in [6.07, 6.45) is 0. The third kappa shape index (κ3) is 6.74. The second-order valence-electron chi connectivity index (χ2n) is 5.66. The Morgan fingerprint density at radius 2 is 1.88 bits per heavy atom. The van der Waals surface area contributed by atoms with E-state index in [1.807, 2.05) is 48.5 Å². The minimum Gasteiger partial charge on any atom is -0.382 e. The Bertz CT molecular complexity index is 677. The highest BCUT2D eigenvalue weighted by molar-refractivity contribution is 6.30. The van der Waals surface area contributed by atoms with Crippen LogP contribution >= 0.6 is 11.6 Å². The first-order valence-electron chi connectivity index (χ1n) is 8.00. The standard InChI is InChI=1S/C19H23ClN2O3/c1-22(13-15-6-8-17(20)9-7-15)19(23)21-18-5-3-4-16(12-18)14-25-11-10-24-2/h3-9,12H,10-11,13-14H2,1-2H3,(H,21,23). The lowest BCUT2D eigenvalue weighted by Gasteiger charge is -2.18. The number of nitrogens with zero attached hydrogens (tertiary/aromatic N) is 1. The van der Waals surface area contributed by atoms with Crippen LogP contribution in [0.4, 0.5) is 10.5 Å². The Morgan fingerprint density at radius 3 is 2.60 bits per heavy atom. The van der Waals surface area contributed by atoms with Crippen molar-refractivity contribution in [3.63, 3.8) is 0 Å². The summed E-state index contributed by atoms with van der Waals surface area (Å²) in [5, 5.41) is 3.58. The van der Waals surface area contributed by atoms with Gasteiger partial charge in [-0.2, -0.15) is 0 Å². The van der Waals surface area contributed by atoms with Crippen molar-refractivity contribution in [3.05, 3.63) is 64.7 Å². The number of carbonyl (C=O) groups excluding carboxylic acids is 1. The van der Waals surface area contributed by atoms with Gasteiger partial charge >= 0.3 is 6.03 Å². The normalized spacial score (nSPS) is 10.5. The summed E-state index contributed by atoms with van der Waals surface area (Å²) in [7, 11) is 3.39. The third-order valence-corrected chi connectivity index (χ3v) is 3.81. The molecular formula is C19H23ClN2O3. The fourth-order valence-electron chi connectivity index (χ4n) is 2.23. The smallest absolute Gasteiger partial charge is 0.321 e. The Hall–Kier alpha value is -2.08. The van der Waals surface area contributed by atoms with Crippen LogP contribution in [0.3, 0.4) is 0 Å². The highest BCUT2D eigenvalue weighted by atomic mass is 35.5. The zero-order chi connectivity index (χ0) is 18.1. The van der Waals surface area contributed by atoms with Crippen LogP contribution in [-0.4, -0.2) is 38.3 Å². The maximum atomic E-state index is 12.3. The Kier molecular flexibility index (Phi) is 7.73. The van der Waals surface area contributed by atoms with Gasteiger partial charge in [0.05, 0.1) is 19.8 Å². The second kappa shape index (κ2) is 10.0. The van der Waals surface area contributed by atoms with Crippen LogP contribution in [0.5, 0.6) is 0 Å². The van der Waals surface area contributed by atoms with Gasteiger partial charge in [-0.15, -0.1) is 0 Å². The first-order chi connectivity index (χ1) is 12.1. The quantitative estimate of drug-likeness (QED) is 0.717. The number of urea groups is 1. The highest BCUT2D eigenvalue weighted by Gasteiger charge is 2.09. The zero-order valence-corrected chi connectivity index (χ0v) is 15.3. The topological polar surface area (TPSA) is 50.8 Å². The molecule has 2 aromatic carbocycles. The van der Waals surface area contributed by atoms with Crippen LogP contribution in [-0.2, 0) is 22.6 Å². The van der Waals surface area contributed by atoms with Gasteiger partial charge in [-0.3, -0.25) is 0 Å². The number of hydrogen-bond acceptors (Lipinski definition) is 3. The fraction of sp³-hybridized carbons (Fsp3) is 0.316. The summed E-state index contributed by atoms with van der Waals surface area (Å²) in [5.74, 6) is 0. The molecule has 0 atom stereocenters. The van der Waals surface area contributed by atoms with Crippen LogP contribution in [0.2, 0.25) is 5.02 Å². The van der Waals surface area contributed by atoms with E-state index >= 15 is 0 Å². The predicted molar refractivity (Wildman–Crippen MR) is 99.9 cm³/mol. The largest absolute Gasteiger partial charge is 0.382 e. The van der Waals surface area contributed by atoms with E-state index in [-0.39, 0.29) is 6.03 Å². The van der Waals surface area contributed by atoms with Crippen molar-refractivity contribution in [2.24, 2.45) is 0 Å². The van der Waals surface area contributed by atoms with E-state index in [1.165, 1.54) is 0 Å². The van der Waals surface area contributed by atoms with E-state index < -0.39 is 0 Å². The number of anilines is 1. The first kappa shape index (κ1) is 19.2. The van der Waals surface area contributed by atoms with Gasteiger partial charge in [0.25, 0.3) is 0 Å². The first-order valence-corrected chi connectivity index (χ1v) is 8.38. The van der Waals surface area contributed by atoms with Crippen LogP contribution in [0, 0.1) is 0 Å². The van der Waals surface area contributed by atoms with Crippen LogP contribution in [0.25, 0.3) is 0 Å². The molecule has 0 radical (unpaired) electrons. The molecule has 0 aliphatic rings. The molecule has 25 heavy (non-hydrogen) atoms. The van der Waals surface area contributed by atoms with Gasteiger partial charge in [-0.05, 0) is 35.4 Å². The molecule has 134 valence electrons. The molecule has 0 aliphatic heterocycles. The minimum absolute atomic E-state index is 0.174. The zero-order valence-electron chi connectivity index (χ0n) is 14.5. The van der Waals surface area contributed by atoms with Gasteiger partial charge in [0.1, 0.15) is 0 Å². The maximum Gasteiger partial charge on any atom is 0.321 e. The molecule has 0 saturated heterocycles. The number of methoxy groups -OCH3 is 1. The van der Waals surface area contributed by atoms with Gasteiger partial charge in [-0.25, -0.2) is 4.79 Å². The molecule has 0 saturated carbocycles. The number of benzene rings is 2. The monoisotopic (exact) mass is 362 g/mol. The molecule has 0 fully saturated rings. The van der Waals surface area contributed by atoms with Gasteiger partial charge in [-0.1, -0.05) is 35.9 Å². The van der Waals surface area contributed by atoms with Crippen LogP contribution in [0.1, 0.15) is 11.1 Å². The van der Waals surface area contributed by atoms with Crippen molar-refractivity contribution in [1.29, 1.82) is 0 Å². The second-order valence-corrected chi connectivity index (χ2v) is 6.09. The van der Waals surface area contributed by atoms with Crippen molar-refractivity contribution in [2.45, 2.75) is 13.2 Å². The maximum absolute atomic E-state index is 12.3. The highest BCUT2D eigenvalue weighted by Crippen LogP contribution is 2.14. The average Bonchev–Trinajstić information content (AvgIpc) is 2.61. The summed E-state index contributed by atoms with van der Waals surface area (Å²) >= 11 is 5.88. The number of carbonyl (C=O) groups is 1. The van der Waals surface area contributed by atoms with Crippen molar-refractivity contribution in [2.75, 3.05) is 32.7 Å². The number of rotatable bonds is 8. The third-order valence-electron chi connectivity index (χ3n) is 3.56. The van der Waals surface area contributed by atoms with Crippen molar-refractivity contribution in [3.8, 4) is 0 Å². The van der Waals surface area contributed by atoms with E-state index in [9.17, 15) is 4.79 Å². The summed E-state index contributed by atoms with van der Waals surface area (Å²) in [5.41, 5.74) is 2.75. The molecule has 2 amide bonds. The number of ether oxygens (including phenoxy) is 2. The van der Waals surface area contributed by atoms with E-state index in [1.54, 1.807) is 19.1 Å². The summed E-state index contributed by atoms with van der Waals surface area (Å²) in [6.45, 7) is 2.08.